The molecule has 0 aromatic carbocycles. The van der Waals surface area contributed by atoms with Crippen molar-refractivity contribution in [2.75, 3.05) is 0 Å². The van der Waals surface area contributed by atoms with Crippen LogP contribution in [-0.2, 0) is 11.3 Å². The Balaban J connectivity index is 2.67. The summed E-state index contributed by atoms with van der Waals surface area (Å²) in [6.07, 6.45) is 1.60. The fourth-order valence-electron chi connectivity index (χ4n) is 0.684. The van der Waals surface area contributed by atoms with Crippen LogP contribution in [0, 0.1) is 6.92 Å². The zero-order chi connectivity index (χ0) is 7.56. The highest BCUT2D eigenvalue weighted by Gasteiger charge is 1.91. The predicted molar refractivity (Wildman–Crippen MR) is 32.0 cm³/mol. The second-order valence-corrected chi connectivity index (χ2v) is 2.03. The lowest BCUT2D eigenvalue weighted by atomic mass is 10.5. The summed E-state index contributed by atoms with van der Waals surface area (Å²) in [5.41, 5.74) is 0.807. The molecule has 1 aromatic heterocycles. The van der Waals surface area contributed by atoms with Crippen molar-refractivity contribution in [1.82, 2.24) is 9.78 Å². The SMILES string of the molecule is Cc1ccn(CC(=O)[O-])n1. The molecule has 0 saturated heterocycles. The number of nitrogens with zero attached hydrogens (tertiary/aromatic N) is 2. The van der Waals surface area contributed by atoms with Crippen LogP contribution in [0.25, 0.3) is 0 Å². The molecule has 0 aliphatic carbocycles. The van der Waals surface area contributed by atoms with Crippen molar-refractivity contribution < 1.29 is 9.90 Å². The molecule has 4 nitrogen and oxygen atoms in total. The highest BCUT2D eigenvalue weighted by atomic mass is 16.4. The first-order valence-corrected chi connectivity index (χ1v) is 2.88. The Morgan fingerprint density at radius 2 is 2.60 bits per heavy atom. The number of aliphatic carboxylic acids is 1. The molecule has 4 heteroatoms. The van der Waals surface area contributed by atoms with Crippen LogP contribution >= 0.6 is 0 Å². The number of hydrogen-bond donors (Lipinski definition) is 0. The highest BCUT2D eigenvalue weighted by Crippen LogP contribution is 1.90. The molecular weight excluding hydrogens is 132 g/mol. The lowest BCUT2D eigenvalue weighted by Crippen LogP contribution is -2.27. The zero-order valence-corrected chi connectivity index (χ0v) is 5.57. The van der Waals surface area contributed by atoms with Crippen molar-refractivity contribution in [3.05, 3.63) is 18.0 Å². The molecular formula is C6H7N2O2-. The summed E-state index contributed by atoms with van der Waals surface area (Å²) >= 11 is 0. The topological polar surface area (TPSA) is 58.0 Å². The molecule has 0 radical (unpaired) electrons. The minimum atomic E-state index is -1.12. The van der Waals surface area contributed by atoms with E-state index in [9.17, 15) is 9.90 Å². The smallest absolute Gasteiger partial charge is 0.0804 e. The third kappa shape index (κ3) is 1.58. The molecule has 10 heavy (non-hydrogen) atoms. The molecule has 0 aliphatic rings. The van der Waals surface area contributed by atoms with E-state index in [4.69, 9.17) is 0 Å². The van der Waals surface area contributed by atoms with Crippen molar-refractivity contribution >= 4 is 5.97 Å². The lowest BCUT2D eigenvalue weighted by Gasteiger charge is -1.99. The van der Waals surface area contributed by atoms with E-state index < -0.39 is 5.97 Å². The van der Waals surface area contributed by atoms with E-state index in [1.54, 1.807) is 19.2 Å². The van der Waals surface area contributed by atoms with Gasteiger partial charge in [0.1, 0.15) is 0 Å². The van der Waals surface area contributed by atoms with Gasteiger partial charge < -0.3 is 9.90 Å². The summed E-state index contributed by atoms with van der Waals surface area (Å²) in [5, 5.41) is 13.9. The van der Waals surface area contributed by atoms with Crippen LogP contribution in [-0.4, -0.2) is 15.7 Å². The van der Waals surface area contributed by atoms with Crippen LogP contribution in [0.4, 0.5) is 0 Å². The van der Waals surface area contributed by atoms with Crippen LogP contribution in [0.2, 0.25) is 0 Å². The zero-order valence-electron chi connectivity index (χ0n) is 5.57. The van der Waals surface area contributed by atoms with Crippen molar-refractivity contribution in [2.24, 2.45) is 0 Å². The number of hydrogen-bond acceptors (Lipinski definition) is 3. The number of carbonyl (C=O) groups is 1. The third-order valence-corrected chi connectivity index (χ3v) is 1.07. The molecule has 0 bridgehead atoms. The molecule has 54 valence electrons. The third-order valence-electron chi connectivity index (χ3n) is 1.07. The van der Waals surface area contributed by atoms with E-state index in [1.165, 1.54) is 4.68 Å². The van der Waals surface area contributed by atoms with Crippen LogP contribution in [0.3, 0.4) is 0 Å². The molecule has 0 fully saturated rings. The van der Waals surface area contributed by atoms with Gasteiger partial charge in [-0.2, -0.15) is 5.10 Å². The molecule has 1 aromatic rings. The molecule has 0 saturated carbocycles. The maximum atomic E-state index is 10.0. The van der Waals surface area contributed by atoms with Gasteiger partial charge in [0, 0.05) is 6.20 Å². The van der Waals surface area contributed by atoms with Crippen LogP contribution < -0.4 is 5.11 Å². The molecule has 1 rings (SSSR count). The van der Waals surface area contributed by atoms with Gasteiger partial charge in [0.25, 0.3) is 0 Å². The highest BCUT2D eigenvalue weighted by molar-refractivity contribution is 5.63. The summed E-state index contributed by atoms with van der Waals surface area (Å²) in [7, 11) is 0. The largest absolute Gasteiger partial charge is 0.548 e. The molecule has 0 spiro atoms. The fraction of sp³-hybridized carbons (Fsp3) is 0.333. The average molecular weight is 139 g/mol. The minimum absolute atomic E-state index is 0.173. The Labute approximate surface area is 58.1 Å². The fourth-order valence-corrected chi connectivity index (χ4v) is 0.684. The summed E-state index contributed by atoms with van der Waals surface area (Å²) in [5.74, 6) is -1.12. The van der Waals surface area contributed by atoms with Gasteiger partial charge in [-0.05, 0) is 13.0 Å². The Hall–Kier alpha value is -1.32. The van der Waals surface area contributed by atoms with Crippen molar-refractivity contribution in [2.45, 2.75) is 13.5 Å². The van der Waals surface area contributed by atoms with Gasteiger partial charge in [0.05, 0.1) is 18.2 Å². The van der Waals surface area contributed by atoms with E-state index in [2.05, 4.69) is 5.10 Å². The Morgan fingerprint density at radius 3 is 3.00 bits per heavy atom. The van der Waals surface area contributed by atoms with Crippen molar-refractivity contribution in [3.8, 4) is 0 Å². The van der Waals surface area contributed by atoms with E-state index in [-0.39, 0.29) is 6.54 Å². The maximum absolute atomic E-state index is 10.0. The number of aryl methyl sites for hydroxylation is 1. The maximum Gasteiger partial charge on any atom is 0.0804 e. The Bertz CT molecular complexity index is 242. The summed E-state index contributed by atoms with van der Waals surface area (Å²) in [4.78, 5) is 10.0. The monoisotopic (exact) mass is 139 g/mol. The first-order chi connectivity index (χ1) is 4.68. The van der Waals surface area contributed by atoms with Gasteiger partial charge in [-0.15, -0.1) is 0 Å². The predicted octanol–water partition coefficient (Wildman–Crippen LogP) is -1.06. The summed E-state index contributed by atoms with van der Waals surface area (Å²) in [6, 6.07) is 1.74. The van der Waals surface area contributed by atoms with Gasteiger partial charge in [-0.3, -0.25) is 4.68 Å². The standard InChI is InChI=1S/C6H8N2O2/c1-5-2-3-8(7-5)4-6(9)10/h2-3H,4H2,1H3,(H,9,10)/p-1. The minimum Gasteiger partial charge on any atom is -0.548 e. The lowest BCUT2D eigenvalue weighted by molar-refractivity contribution is -0.306. The second-order valence-electron chi connectivity index (χ2n) is 2.03. The molecule has 1 heterocycles. The van der Waals surface area contributed by atoms with Gasteiger partial charge in [0.2, 0.25) is 0 Å². The molecule has 0 N–H and O–H groups in total. The normalized spacial score (nSPS) is 9.70. The van der Waals surface area contributed by atoms with Crippen molar-refractivity contribution in [3.63, 3.8) is 0 Å². The molecule has 0 amide bonds. The van der Waals surface area contributed by atoms with E-state index in [1.807, 2.05) is 0 Å². The average Bonchev–Trinajstić information content (AvgIpc) is 2.13. The van der Waals surface area contributed by atoms with Gasteiger partial charge >= 0.3 is 0 Å². The Morgan fingerprint density at radius 1 is 1.90 bits per heavy atom. The number of rotatable bonds is 2. The number of aromatic nitrogens is 2. The molecule has 0 aliphatic heterocycles. The number of carbonyl (C=O) groups excluding carboxylic acids is 1. The first-order valence-electron chi connectivity index (χ1n) is 2.88. The van der Waals surface area contributed by atoms with Gasteiger partial charge in [-0.25, -0.2) is 0 Å². The van der Waals surface area contributed by atoms with E-state index >= 15 is 0 Å². The van der Waals surface area contributed by atoms with E-state index in [0.29, 0.717) is 0 Å². The van der Waals surface area contributed by atoms with Gasteiger partial charge in [0.15, 0.2) is 0 Å². The summed E-state index contributed by atoms with van der Waals surface area (Å²) < 4.78 is 1.32. The van der Waals surface area contributed by atoms with Crippen molar-refractivity contribution in [1.29, 1.82) is 0 Å². The van der Waals surface area contributed by atoms with Gasteiger partial charge in [-0.1, -0.05) is 0 Å². The van der Waals surface area contributed by atoms with Crippen LogP contribution in [0.5, 0.6) is 0 Å². The molecule has 0 atom stereocenters. The van der Waals surface area contributed by atoms with Crippen LogP contribution in [0.15, 0.2) is 12.3 Å². The number of carboxylic acid groups (broad SMARTS) is 1. The first kappa shape index (κ1) is 6.80. The number of carboxylic acids is 1. The summed E-state index contributed by atoms with van der Waals surface area (Å²) in [6.45, 7) is 1.62. The molecule has 0 unspecified atom stereocenters. The Kier molecular flexibility index (Phi) is 1.71. The van der Waals surface area contributed by atoms with Crippen LogP contribution in [0.1, 0.15) is 5.69 Å². The second kappa shape index (κ2) is 2.51. The van der Waals surface area contributed by atoms with E-state index in [0.717, 1.165) is 5.69 Å². The quantitative estimate of drug-likeness (QED) is 0.524.